The van der Waals surface area contributed by atoms with Crippen LogP contribution in [0.5, 0.6) is 11.5 Å². The molecule has 5 heteroatoms. The van der Waals surface area contributed by atoms with Crippen molar-refractivity contribution in [3.8, 4) is 11.5 Å². The van der Waals surface area contributed by atoms with Crippen molar-refractivity contribution in [1.29, 1.82) is 0 Å². The lowest BCUT2D eigenvalue weighted by atomic mass is 9.96. The lowest BCUT2D eigenvalue weighted by Crippen LogP contribution is -2.33. The smallest absolute Gasteiger partial charge is 0.213 e. The van der Waals surface area contributed by atoms with Crippen molar-refractivity contribution in [1.82, 2.24) is 5.01 Å². The molecule has 2 heterocycles. The van der Waals surface area contributed by atoms with Crippen molar-refractivity contribution in [3.63, 3.8) is 0 Å². The number of ether oxygens (including phenoxy) is 2. The predicted octanol–water partition coefficient (Wildman–Crippen LogP) is 5.59. The van der Waals surface area contributed by atoms with Crippen LogP contribution >= 0.6 is 11.6 Å². The maximum Gasteiger partial charge on any atom is 0.213 e. The van der Waals surface area contributed by atoms with Crippen LogP contribution in [0.4, 0.5) is 0 Å². The maximum atomic E-state index is 6.35. The average Bonchev–Trinajstić information content (AvgIpc) is 3.19. The number of benzene rings is 3. The largest absolute Gasteiger partial charge is 0.497 e. The van der Waals surface area contributed by atoms with Crippen LogP contribution in [0.25, 0.3) is 0 Å². The summed E-state index contributed by atoms with van der Waals surface area (Å²) >= 11 is 6.24. The average molecular weight is 391 g/mol. The third-order valence-corrected chi connectivity index (χ3v) is 5.49. The molecule has 0 amide bonds. The van der Waals surface area contributed by atoms with E-state index in [0.717, 1.165) is 40.3 Å². The van der Waals surface area contributed by atoms with Crippen LogP contribution in [-0.2, 0) is 0 Å². The molecule has 5 rings (SSSR count). The zero-order valence-corrected chi connectivity index (χ0v) is 16.1. The Kier molecular flexibility index (Phi) is 4.21. The molecule has 2 aliphatic heterocycles. The minimum absolute atomic E-state index is 0.131. The quantitative estimate of drug-likeness (QED) is 0.584. The van der Waals surface area contributed by atoms with Crippen LogP contribution in [0.1, 0.15) is 35.4 Å². The van der Waals surface area contributed by atoms with Crippen molar-refractivity contribution in [2.45, 2.75) is 18.7 Å². The van der Waals surface area contributed by atoms with Crippen LogP contribution in [0.3, 0.4) is 0 Å². The lowest BCUT2D eigenvalue weighted by Gasteiger charge is -2.38. The Hall–Kier alpha value is -2.98. The molecule has 140 valence electrons. The van der Waals surface area contributed by atoms with Gasteiger partial charge in [-0.15, -0.1) is 0 Å². The molecule has 3 aromatic rings. The van der Waals surface area contributed by atoms with Gasteiger partial charge in [0, 0.05) is 22.6 Å². The zero-order valence-electron chi connectivity index (χ0n) is 15.4. The monoisotopic (exact) mass is 390 g/mol. The molecule has 0 bridgehead atoms. The molecule has 0 saturated heterocycles. The van der Waals surface area contributed by atoms with Gasteiger partial charge in [-0.3, -0.25) is 0 Å². The molecule has 0 spiro atoms. The summed E-state index contributed by atoms with van der Waals surface area (Å²) in [5.74, 6) is 1.74. The second kappa shape index (κ2) is 6.88. The zero-order chi connectivity index (χ0) is 19.1. The number of fused-ring (bicyclic) bond motifs is 3. The van der Waals surface area contributed by atoms with Crippen molar-refractivity contribution in [2.24, 2.45) is 5.10 Å². The van der Waals surface area contributed by atoms with Gasteiger partial charge in [0.25, 0.3) is 0 Å². The fourth-order valence-electron chi connectivity index (χ4n) is 3.87. The van der Waals surface area contributed by atoms with E-state index in [0.29, 0.717) is 5.02 Å². The Balaban J connectivity index is 1.57. The molecule has 0 aromatic heterocycles. The Morgan fingerprint density at radius 3 is 2.64 bits per heavy atom. The standard InChI is InChI=1S/C23H19ClN2O2/c1-27-18-11-9-15(10-12-18)20-14-21-19-7-2-3-8-22(19)28-23(26(21)25-20)16-5-4-6-17(24)13-16/h2-13,21,23H,14H2,1H3/t21-,23+/m0/s1. The Labute approximate surface area is 169 Å². The van der Waals surface area contributed by atoms with Gasteiger partial charge < -0.3 is 9.47 Å². The van der Waals surface area contributed by atoms with E-state index < -0.39 is 0 Å². The number of hydrogen-bond acceptors (Lipinski definition) is 4. The number of rotatable bonds is 3. The number of para-hydroxylation sites is 1. The van der Waals surface area contributed by atoms with Gasteiger partial charge >= 0.3 is 0 Å². The molecule has 4 nitrogen and oxygen atoms in total. The molecule has 3 aromatic carbocycles. The summed E-state index contributed by atoms with van der Waals surface area (Å²) in [6.07, 6.45) is 0.512. The third-order valence-electron chi connectivity index (χ3n) is 5.26. The van der Waals surface area contributed by atoms with E-state index in [-0.39, 0.29) is 12.3 Å². The second-order valence-electron chi connectivity index (χ2n) is 6.94. The van der Waals surface area contributed by atoms with Gasteiger partial charge in [0.1, 0.15) is 11.5 Å². The molecular formula is C23H19ClN2O2. The normalized spacial score (nSPS) is 20.1. The highest BCUT2D eigenvalue weighted by atomic mass is 35.5. The first-order chi connectivity index (χ1) is 13.7. The van der Waals surface area contributed by atoms with Crippen LogP contribution in [-0.4, -0.2) is 17.8 Å². The topological polar surface area (TPSA) is 34.1 Å². The summed E-state index contributed by atoms with van der Waals surface area (Å²) in [4.78, 5) is 0. The number of hydrazone groups is 1. The molecule has 2 atom stereocenters. The van der Waals surface area contributed by atoms with Gasteiger partial charge in [-0.05, 0) is 48.0 Å². The Bertz CT molecular complexity index is 1050. The van der Waals surface area contributed by atoms with E-state index in [9.17, 15) is 0 Å². The highest BCUT2D eigenvalue weighted by molar-refractivity contribution is 6.30. The highest BCUT2D eigenvalue weighted by Gasteiger charge is 2.40. The number of methoxy groups -OCH3 is 1. The summed E-state index contributed by atoms with van der Waals surface area (Å²) in [6.45, 7) is 0. The third kappa shape index (κ3) is 2.90. The van der Waals surface area contributed by atoms with E-state index in [2.05, 4.69) is 23.2 Å². The minimum Gasteiger partial charge on any atom is -0.497 e. The van der Waals surface area contributed by atoms with E-state index in [4.69, 9.17) is 26.2 Å². The first-order valence-electron chi connectivity index (χ1n) is 9.24. The van der Waals surface area contributed by atoms with Crippen LogP contribution in [0, 0.1) is 0 Å². The van der Waals surface area contributed by atoms with Crippen molar-refractivity contribution in [3.05, 3.63) is 94.5 Å². The van der Waals surface area contributed by atoms with Gasteiger partial charge in [-0.2, -0.15) is 5.10 Å². The van der Waals surface area contributed by atoms with E-state index in [1.165, 1.54) is 0 Å². The van der Waals surface area contributed by atoms with Gasteiger partial charge in [0.2, 0.25) is 6.23 Å². The van der Waals surface area contributed by atoms with Gasteiger partial charge in [-0.25, -0.2) is 5.01 Å². The minimum atomic E-state index is -0.311. The van der Waals surface area contributed by atoms with Gasteiger partial charge in [0.05, 0.1) is 18.9 Å². The molecule has 2 aliphatic rings. The van der Waals surface area contributed by atoms with Crippen molar-refractivity contribution in [2.75, 3.05) is 7.11 Å². The fourth-order valence-corrected chi connectivity index (χ4v) is 4.07. The van der Waals surface area contributed by atoms with Crippen LogP contribution in [0.2, 0.25) is 5.02 Å². The summed E-state index contributed by atoms with van der Waals surface area (Å²) in [7, 11) is 1.67. The van der Waals surface area contributed by atoms with Gasteiger partial charge in [-0.1, -0.05) is 41.9 Å². The molecule has 0 fully saturated rings. The number of hydrogen-bond donors (Lipinski definition) is 0. The Morgan fingerprint density at radius 1 is 1.04 bits per heavy atom. The fraction of sp³-hybridized carbons (Fsp3) is 0.174. The SMILES string of the molecule is COc1ccc(C2=NN3[C@@H](c4cccc(Cl)c4)Oc4ccccc4[C@@H]3C2)cc1. The molecule has 0 unspecified atom stereocenters. The first kappa shape index (κ1) is 17.1. The highest BCUT2D eigenvalue weighted by Crippen LogP contribution is 2.47. The van der Waals surface area contributed by atoms with Gasteiger partial charge in [0.15, 0.2) is 0 Å². The van der Waals surface area contributed by atoms with Crippen LogP contribution < -0.4 is 9.47 Å². The summed E-state index contributed by atoms with van der Waals surface area (Å²) in [5.41, 5.74) is 4.29. The van der Waals surface area contributed by atoms with Crippen molar-refractivity contribution < 1.29 is 9.47 Å². The summed E-state index contributed by atoms with van der Waals surface area (Å²) in [6, 6.07) is 24.2. The number of halogens is 1. The molecule has 0 aliphatic carbocycles. The van der Waals surface area contributed by atoms with E-state index >= 15 is 0 Å². The summed E-state index contributed by atoms with van der Waals surface area (Å²) < 4.78 is 11.6. The predicted molar refractivity (Wildman–Crippen MR) is 110 cm³/mol. The van der Waals surface area contributed by atoms with E-state index in [1.54, 1.807) is 7.11 Å². The van der Waals surface area contributed by atoms with E-state index in [1.807, 2.05) is 54.6 Å². The molecule has 28 heavy (non-hydrogen) atoms. The Morgan fingerprint density at radius 2 is 1.86 bits per heavy atom. The maximum absolute atomic E-state index is 6.35. The second-order valence-corrected chi connectivity index (χ2v) is 7.37. The molecular weight excluding hydrogens is 372 g/mol. The molecule has 0 N–H and O–H groups in total. The summed E-state index contributed by atoms with van der Waals surface area (Å²) in [5, 5.41) is 7.72. The number of nitrogens with zero attached hydrogens (tertiary/aromatic N) is 2. The molecule has 0 saturated carbocycles. The van der Waals surface area contributed by atoms with Crippen molar-refractivity contribution >= 4 is 17.3 Å². The molecule has 0 radical (unpaired) electrons. The van der Waals surface area contributed by atoms with Crippen LogP contribution in [0.15, 0.2) is 77.9 Å². The first-order valence-corrected chi connectivity index (χ1v) is 9.62. The lowest BCUT2D eigenvalue weighted by molar-refractivity contribution is -0.0190.